The fraction of sp³-hybridized carbons (Fsp3) is 0.800. The summed E-state index contributed by atoms with van der Waals surface area (Å²) in [4.78, 5) is 25.3. The van der Waals surface area contributed by atoms with Gasteiger partial charge in [-0.15, -0.1) is 0 Å². The van der Waals surface area contributed by atoms with Crippen molar-refractivity contribution >= 4 is 52.6 Å². The lowest BCUT2D eigenvalue weighted by atomic mass is 9.86. The Labute approximate surface area is 172 Å². The zero-order chi connectivity index (χ0) is 21.2. The fourth-order valence-corrected chi connectivity index (χ4v) is 3.11. The second-order valence-corrected chi connectivity index (χ2v) is 8.95. The average molecular weight is 450 g/mol. The molecular weight excluding hydrogens is 427 g/mol. The number of likely N-dealkylation sites (N-methyl/N-ethyl adjacent to an activating group) is 1. The quantitative estimate of drug-likeness (QED) is 0.279. The first kappa shape index (κ1) is 24.2. The molecule has 1 heterocycles. The number of esters is 2. The van der Waals surface area contributed by atoms with Crippen molar-refractivity contribution in [2.75, 3.05) is 20.7 Å². The lowest BCUT2D eigenvalue weighted by Gasteiger charge is -2.50. The van der Waals surface area contributed by atoms with Crippen LogP contribution in [0.4, 0.5) is 0 Å². The van der Waals surface area contributed by atoms with Gasteiger partial charge in [-0.3, -0.25) is 10.2 Å². The molecule has 0 aromatic carbocycles. The minimum Gasteiger partial charge on any atom is -0.466 e. The molecule has 12 heteroatoms. The van der Waals surface area contributed by atoms with Gasteiger partial charge in [-0.25, -0.2) is 4.79 Å². The molecule has 0 aromatic rings. The molecule has 2 N–H and O–H groups in total. The number of hydrogen-bond donors (Lipinski definition) is 2. The van der Waals surface area contributed by atoms with E-state index in [0.717, 1.165) is 0 Å². The first-order valence-corrected chi connectivity index (χ1v) is 8.97. The fourth-order valence-electron chi connectivity index (χ4n) is 2.95. The van der Waals surface area contributed by atoms with Crippen molar-refractivity contribution in [3.05, 3.63) is 0 Å². The molecule has 27 heavy (non-hydrogen) atoms. The highest BCUT2D eigenvalue weighted by atomic mass is 35.6. The molecule has 1 aliphatic heterocycles. The van der Waals surface area contributed by atoms with Crippen LogP contribution in [0.2, 0.25) is 0 Å². The lowest BCUT2D eigenvalue weighted by Crippen LogP contribution is -2.68. The third-order valence-corrected chi connectivity index (χ3v) is 4.29. The molecule has 1 rings (SSSR count). The molecule has 0 radical (unpaired) electrons. The lowest BCUT2D eigenvalue weighted by molar-refractivity contribution is -0.301. The average Bonchev–Trinajstić information content (AvgIpc) is 2.45. The maximum atomic E-state index is 12.1. The van der Waals surface area contributed by atoms with Crippen LogP contribution in [-0.2, 0) is 28.5 Å². The van der Waals surface area contributed by atoms with E-state index >= 15 is 0 Å². The maximum absolute atomic E-state index is 12.1. The summed E-state index contributed by atoms with van der Waals surface area (Å²) < 4.78 is 18.7. The topological polar surface area (TPSA) is 118 Å². The molecule has 0 saturated carbocycles. The molecule has 1 fully saturated rings. The van der Waals surface area contributed by atoms with Crippen LogP contribution in [0.1, 0.15) is 20.8 Å². The summed E-state index contributed by atoms with van der Waals surface area (Å²) in [7, 11) is 3.46. The molecule has 1 unspecified atom stereocenters. The number of nitrogens with zero attached hydrogens (tertiary/aromatic N) is 1. The Kier molecular flexibility index (Phi) is 8.16. The number of carbonyl (C=O) groups is 2. The molecular formula is C15H23Cl3N2O7. The molecule has 0 aliphatic carbocycles. The van der Waals surface area contributed by atoms with E-state index in [2.05, 4.69) is 0 Å². The Bertz CT molecular complexity index is 580. The Morgan fingerprint density at radius 1 is 1.22 bits per heavy atom. The van der Waals surface area contributed by atoms with E-state index in [1.807, 2.05) is 0 Å². The second-order valence-electron chi connectivity index (χ2n) is 6.66. The van der Waals surface area contributed by atoms with Crippen LogP contribution < -0.4 is 0 Å². The third-order valence-electron chi connectivity index (χ3n) is 3.77. The van der Waals surface area contributed by atoms with Gasteiger partial charge in [-0.2, -0.15) is 0 Å². The smallest absolute Gasteiger partial charge is 0.344 e. The summed E-state index contributed by atoms with van der Waals surface area (Å²) >= 11 is 16.4. The van der Waals surface area contributed by atoms with E-state index < -0.39 is 58.4 Å². The number of aliphatic hydroxyl groups is 1. The largest absolute Gasteiger partial charge is 0.466 e. The minimum atomic E-state index is -2.13. The highest BCUT2D eigenvalue weighted by Gasteiger charge is 2.54. The molecule has 0 aromatic heterocycles. The number of alkyl halides is 3. The number of hydrogen-bond acceptors (Lipinski definition) is 9. The zero-order valence-electron chi connectivity index (χ0n) is 15.5. The standard InChI is InChI=1S/C15H23Cl3N2O7/c1-7(21)25-9-10(12(23)27-14(2,3)11(9)20(4)5)26-8(22)6-24-13(19)15(16,17)18/h9-12,19,23H,6H2,1-5H3/t9-,10+,11?,12+/m0/s1. The van der Waals surface area contributed by atoms with Crippen molar-refractivity contribution in [1.82, 2.24) is 4.90 Å². The molecule has 4 atom stereocenters. The SMILES string of the molecule is CC(=O)O[C@@H]1C(N(C)C)C(C)(C)O[C@@H](O)[C@@H]1OC(=O)COC(=N)C(Cl)(Cl)Cl. The number of nitrogens with one attached hydrogen (secondary N) is 1. The number of carbonyl (C=O) groups excluding carboxylic acids is 2. The first-order chi connectivity index (χ1) is 12.2. The predicted octanol–water partition coefficient (Wildman–Crippen LogP) is 1.25. The summed E-state index contributed by atoms with van der Waals surface area (Å²) in [6.45, 7) is 3.87. The van der Waals surface area contributed by atoms with Gasteiger partial charge in [0.25, 0.3) is 3.79 Å². The summed E-state index contributed by atoms with van der Waals surface area (Å²) in [6.07, 6.45) is -3.91. The molecule has 156 valence electrons. The maximum Gasteiger partial charge on any atom is 0.344 e. The van der Waals surface area contributed by atoms with Crippen LogP contribution in [0.5, 0.6) is 0 Å². The molecule has 1 aliphatic rings. The second kappa shape index (κ2) is 9.11. The van der Waals surface area contributed by atoms with Crippen LogP contribution in [0.3, 0.4) is 0 Å². The third kappa shape index (κ3) is 6.62. The van der Waals surface area contributed by atoms with Crippen molar-refractivity contribution in [2.45, 2.75) is 54.7 Å². The van der Waals surface area contributed by atoms with Crippen LogP contribution in [0, 0.1) is 5.41 Å². The van der Waals surface area contributed by atoms with Crippen LogP contribution in [-0.4, -0.2) is 82.5 Å². The van der Waals surface area contributed by atoms with E-state index in [9.17, 15) is 14.7 Å². The Balaban J connectivity index is 2.95. The number of halogens is 3. The van der Waals surface area contributed by atoms with Crippen molar-refractivity contribution in [2.24, 2.45) is 0 Å². The van der Waals surface area contributed by atoms with Gasteiger partial charge >= 0.3 is 11.9 Å². The number of ether oxygens (including phenoxy) is 4. The monoisotopic (exact) mass is 448 g/mol. The van der Waals surface area contributed by atoms with Crippen LogP contribution in [0.25, 0.3) is 0 Å². The van der Waals surface area contributed by atoms with Gasteiger partial charge in [-0.05, 0) is 27.9 Å². The molecule has 0 spiro atoms. The first-order valence-electron chi connectivity index (χ1n) is 7.84. The number of rotatable bonds is 5. The van der Waals surface area contributed by atoms with E-state index in [1.165, 1.54) is 6.92 Å². The van der Waals surface area contributed by atoms with Crippen LogP contribution in [0.15, 0.2) is 0 Å². The van der Waals surface area contributed by atoms with Gasteiger partial charge in [0, 0.05) is 6.92 Å². The van der Waals surface area contributed by atoms with Crippen molar-refractivity contribution in [1.29, 1.82) is 5.41 Å². The summed E-state index contributed by atoms with van der Waals surface area (Å²) in [6, 6.07) is -0.539. The van der Waals surface area contributed by atoms with E-state index in [1.54, 1.807) is 32.8 Å². The van der Waals surface area contributed by atoms with Crippen molar-refractivity contribution < 1.29 is 33.6 Å². The normalized spacial score (nSPS) is 27.8. The number of aliphatic hydroxyl groups excluding tert-OH is 1. The molecule has 0 bridgehead atoms. The molecule has 0 amide bonds. The Hall–Kier alpha value is -0.840. The van der Waals surface area contributed by atoms with E-state index in [-0.39, 0.29) is 0 Å². The van der Waals surface area contributed by atoms with Crippen molar-refractivity contribution in [3.63, 3.8) is 0 Å². The predicted molar refractivity (Wildman–Crippen MR) is 98.0 cm³/mol. The van der Waals surface area contributed by atoms with Gasteiger partial charge < -0.3 is 29.0 Å². The zero-order valence-corrected chi connectivity index (χ0v) is 17.8. The Morgan fingerprint density at radius 3 is 2.22 bits per heavy atom. The summed E-state index contributed by atoms with van der Waals surface area (Å²) in [5, 5.41) is 17.7. The minimum absolute atomic E-state index is 0.539. The molecule has 1 saturated heterocycles. The summed E-state index contributed by atoms with van der Waals surface area (Å²) in [5.74, 6) is -2.36. The van der Waals surface area contributed by atoms with E-state index in [0.29, 0.717) is 0 Å². The van der Waals surface area contributed by atoms with Gasteiger partial charge in [0.1, 0.15) is 0 Å². The van der Waals surface area contributed by atoms with Gasteiger partial charge in [-0.1, -0.05) is 34.8 Å². The van der Waals surface area contributed by atoms with Crippen molar-refractivity contribution in [3.8, 4) is 0 Å². The summed E-state index contributed by atoms with van der Waals surface area (Å²) in [5.41, 5.74) is -0.917. The van der Waals surface area contributed by atoms with E-state index in [4.69, 9.17) is 59.2 Å². The van der Waals surface area contributed by atoms with Gasteiger partial charge in [0.15, 0.2) is 25.1 Å². The van der Waals surface area contributed by atoms with Gasteiger partial charge in [0.05, 0.1) is 11.6 Å². The van der Waals surface area contributed by atoms with Gasteiger partial charge in [0.2, 0.25) is 5.90 Å². The highest BCUT2D eigenvalue weighted by Crippen LogP contribution is 2.34. The Morgan fingerprint density at radius 2 is 1.78 bits per heavy atom. The highest BCUT2D eigenvalue weighted by molar-refractivity contribution is 6.76. The van der Waals surface area contributed by atoms with Crippen LogP contribution >= 0.6 is 34.8 Å². The molecule has 9 nitrogen and oxygen atoms in total.